The van der Waals surface area contributed by atoms with E-state index in [1.165, 1.54) is 0 Å². The first-order valence-electron chi connectivity index (χ1n) is 13.4. The normalized spacial score (nSPS) is 34.0. The van der Waals surface area contributed by atoms with Gasteiger partial charge in [0.2, 0.25) is 6.41 Å². The molecule has 39 heavy (non-hydrogen) atoms. The Labute approximate surface area is 229 Å². The molecule has 9 unspecified atom stereocenters. The van der Waals surface area contributed by atoms with Crippen molar-refractivity contribution >= 4 is 10.1 Å². The van der Waals surface area contributed by atoms with Crippen LogP contribution >= 0.6 is 0 Å². The summed E-state index contributed by atoms with van der Waals surface area (Å²) in [7, 11) is -4.10. The molecule has 0 amide bonds. The molecule has 19 heteroatoms. The molecule has 3 fully saturated rings. The van der Waals surface area contributed by atoms with Gasteiger partial charge >= 0.3 is 0 Å². The molecule has 2 saturated heterocycles. The second kappa shape index (κ2) is 16.7. The third-order valence-corrected chi connectivity index (χ3v) is 7.23. The Kier molecular flexibility index (Phi) is 14.0. The molecule has 0 bridgehead atoms. The minimum Gasteiger partial charge on any atom is -0.394 e. The van der Waals surface area contributed by atoms with Crippen molar-refractivity contribution in [3.05, 3.63) is 0 Å². The highest BCUT2D eigenvalue weighted by molar-refractivity contribution is 7.85. The van der Waals surface area contributed by atoms with Crippen LogP contribution in [-0.4, -0.2) is 123 Å². The van der Waals surface area contributed by atoms with E-state index in [0.29, 0.717) is 13.2 Å². The Bertz CT molecular complexity index is 804. The molecule has 3 aliphatic rings. The van der Waals surface area contributed by atoms with E-state index in [0.717, 1.165) is 25.7 Å². The SMILES string of the molecule is CCNC(O)OC1NCNC(NC2CCCC(NC3NC(NCCS(=O)(=O)O)NC(NCC(O)CO)N3)C2)N1. The number of hydrogen-bond acceptors (Lipinski definition) is 17. The Morgan fingerprint density at radius 3 is 2.28 bits per heavy atom. The summed E-state index contributed by atoms with van der Waals surface area (Å²) in [6.45, 7) is 2.72. The van der Waals surface area contributed by atoms with Crippen LogP contribution in [0.2, 0.25) is 0 Å². The van der Waals surface area contributed by atoms with Crippen molar-refractivity contribution < 1.29 is 33.0 Å². The van der Waals surface area contributed by atoms with Gasteiger partial charge in [0.1, 0.15) is 25.2 Å². The molecule has 230 valence electrons. The van der Waals surface area contributed by atoms with E-state index in [2.05, 4.69) is 58.5 Å². The van der Waals surface area contributed by atoms with Crippen LogP contribution in [0.3, 0.4) is 0 Å². The van der Waals surface area contributed by atoms with Crippen LogP contribution in [0.15, 0.2) is 0 Å². The zero-order chi connectivity index (χ0) is 28.3. The van der Waals surface area contributed by atoms with E-state index < -0.39 is 47.3 Å². The van der Waals surface area contributed by atoms with Gasteiger partial charge in [-0.05, 0) is 25.8 Å². The fourth-order valence-electron chi connectivity index (χ4n) is 4.66. The van der Waals surface area contributed by atoms with Gasteiger partial charge in [0.05, 0.1) is 25.1 Å². The lowest BCUT2D eigenvalue weighted by atomic mass is 9.91. The molecule has 1 aliphatic carbocycles. The standard InChI is InChI=1S/C20H47N11O7S/c1-2-21-20(34)38-19-25-11-24-17(31-19)26-12-4-3-5-13(8-12)27-18-29-15(22-6-7-39(35,36)37)28-16(30-18)23-9-14(33)10-32/h12-34H,2-11H2,1H3,(H,35,36,37). The van der Waals surface area contributed by atoms with Crippen LogP contribution in [0.25, 0.3) is 0 Å². The molecule has 3 rings (SSSR count). The first-order valence-corrected chi connectivity index (χ1v) is 15.0. The number of hydrogen-bond donors (Lipinski definition) is 15. The predicted octanol–water partition coefficient (Wildman–Crippen LogP) is -6.26. The van der Waals surface area contributed by atoms with Crippen molar-refractivity contribution in [1.82, 2.24) is 58.5 Å². The van der Waals surface area contributed by atoms with Gasteiger partial charge in [0.25, 0.3) is 10.1 Å². The maximum absolute atomic E-state index is 11.1. The summed E-state index contributed by atoms with van der Waals surface area (Å²) in [5, 5.41) is 64.0. The first-order chi connectivity index (χ1) is 18.6. The minimum atomic E-state index is -4.10. The summed E-state index contributed by atoms with van der Waals surface area (Å²) < 4.78 is 36.7. The zero-order valence-corrected chi connectivity index (χ0v) is 23.0. The quantitative estimate of drug-likeness (QED) is 0.0593. The number of aliphatic hydroxyl groups is 3. The van der Waals surface area contributed by atoms with E-state index in [1.807, 2.05) is 6.92 Å². The largest absolute Gasteiger partial charge is 0.394 e. The summed E-state index contributed by atoms with van der Waals surface area (Å²) in [4.78, 5) is 0. The fourth-order valence-corrected chi connectivity index (χ4v) is 5.04. The molecule has 0 aromatic carbocycles. The van der Waals surface area contributed by atoms with Crippen LogP contribution in [-0.2, 0) is 14.9 Å². The highest BCUT2D eigenvalue weighted by Gasteiger charge is 2.32. The molecule has 15 N–H and O–H groups in total. The second-order valence-corrected chi connectivity index (χ2v) is 11.4. The summed E-state index contributed by atoms with van der Waals surface area (Å²) in [6, 6.07) is 0.364. The van der Waals surface area contributed by atoms with Crippen molar-refractivity contribution in [1.29, 1.82) is 0 Å². The van der Waals surface area contributed by atoms with Gasteiger partial charge in [-0.2, -0.15) is 8.42 Å². The maximum atomic E-state index is 11.1. The Morgan fingerprint density at radius 2 is 1.62 bits per heavy atom. The van der Waals surface area contributed by atoms with Gasteiger partial charge in [-0.25, -0.2) is 0 Å². The van der Waals surface area contributed by atoms with Crippen molar-refractivity contribution in [2.45, 2.75) is 88.7 Å². The van der Waals surface area contributed by atoms with E-state index in [1.54, 1.807) is 0 Å². The Morgan fingerprint density at radius 1 is 0.949 bits per heavy atom. The van der Waals surface area contributed by atoms with Crippen LogP contribution in [0.4, 0.5) is 0 Å². The number of nitrogens with one attached hydrogen (secondary N) is 11. The molecule has 1 saturated carbocycles. The summed E-state index contributed by atoms with van der Waals surface area (Å²) >= 11 is 0. The number of rotatable bonds is 16. The molecular formula is C20H47N11O7S. The Hall–Kier alpha value is -0.690. The van der Waals surface area contributed by atoms with Crippen molar-refractivity contribution in [3.8, 4) is 0 Å². The van der Waals surface area contributed by atoms with Crippen LogP contribution in [0.5, 0.6) is 0 Å². The molecule has 0 aromatic heterocycles. The zero-order valence-electron chi connectivity index (χ0n) is 22.2. The molecule has 2 heterocycles. The Balaban J connectivity index is 1.49. The molecule has 18 nitrogen and oxygen atoms in total. The minimum absolute atomic E-state index is 0.0180. The number of ether oxygens (including phenoxy) is 1. The van der Waals surface area contributed by atoms with E-state index in [-0.39, 0.29) is 44.4 Å². The monoisotopic (exact) mass is 585 g/mol. The molecular weight excluding hydrogens is 538 g/mol. The lowest BCUT2D eigenvalue weighted by Crippen LogP contribution is -2.78. The van der Waals surface area contributed by atoms with Gasteiger partial charge in [0, 0.05) is 25.2 Å². The predicted molar refractivity (Wildman–Crippen MR) is 141 cm³/mol. The van der Waals surface area contributed by atoms with Crippen molar-refractivity contribution in [2.24, 2.45) is 0 Å². The average Bonchev–Trinajstić information content (AvgIpc) is 2.87. The molecule has 0 aromatic rings. The maximum Gasteiger partial charge on any atom is 0.266 e. The van der Waals surface area contributed by atoms with Crippen LogP contribution in [0.1, 0.15) is 32.6 Å². The fraction of sp³-hybridized carbons (Fsp3) is 1.00. The third-order valence-electron chi connectivity index (χ3n) is 6.51. The van der Waals surface area contributed by atoms with E-state index in [9.17, 15) is 18.6 Å². The van der Waals surface area contributed by atoms with Gasteiger partial charge < -0.3 is 20.1 Å². The van der Waals surface area contributed by atoms with Crippen molar-refractivity contribution in [3.63, 3.8) is 0 Å². The van der Waals surface area contributed by atoms with Gasteiger partial charge in [-0.1, -0.05) is 13.3 Å². The van der Waals surface area contributed by atoms with Crippen LogP contribution < -0.4 is 58.5 Å². The van der Waals surface area contributed by atoms with Gasteiger partial charge in [0.15, 0.2) is 6.35 Å². The van der Waals surface area contributed by atoms with E-state index >= 15 is 0 Å². The molecule has 0 spiro atoms. The van der Waals surface area contributed by atoms with Crippen molar-refractivity contribution in [2.75, 3.05) is 38.7 Å². The summed E-state index contributed by atoms with van der Waals surface area (Å²) in [6.07, 6.45) is -0.310. The van der Waals surface area contributed by atoms with Gasteiger partial charge in [-0.3, -0.25) is 63.0 Å². The first kappa shape index (κ1) is 32.8. The molecule has 2 aliphatic heterocycles. The average molecular weight is 586 g/mol. The van der Waals surface area contributed by atoms with E-state index in [4.69, 9.17) is 14.4 Å². The smallest absolute Gasteiger partial charge is 0.266 e. The number of aliphatic hydroxyl groups excluding tert-OH is 3. The molecule has 9 atom stereocenters. The lowest BCUT2D eigenvalue weighted by molar-refractivity contribution is -0.180. The second-order valence-electron chi connectivity index (χ2n) is 9.79. The highest BCUT2D eigenvalue weighted by Crippen LogP contribution is 2.19. The van der Waals surface area contributed by atoms with Gasteiger partial charge in [-0.15, -0.1) is 0 Å². The summed E-state index contributed by atoms with van der Waals surface area (Å²) in [5.41, 5.74) is 0. The topological polar surface area (TPSA) is 257 Å². The highest BCUT2D eigenvalue weighted by atomic mass is 32.2. The molecule has 0 radical (unpaired) electrons. The third kappa shape index (κ3) is 12.8. The van der Waals surface area contributed by atoms with Crippen LogP contribution in [0, 0.1) is 0 Å². The summed E-state index contributed by atoms with van der Waals surface area (Å²) in [5.74, 6) is -0.436. The lowest BCUT2D eigenvalue weighted by Gasteiger charge is -2.43.